The quantitative estimate of drug-likeness (QED) is 0.933. The van der Waals surface area contributed by atoms with E-state index in [1.807, 2.05) is 6.07 Å². The van der Waals surface area contributed by atoms with Crippen LogP contribution >= 0.6 is 0 Å². The number of benzene rings is 1. The molecule has 1 aliphatic carbocycles. The number of halogens is 1. The van der Waals surface area contributed by atoms with Gasteiger partial charge < -0.3 is 5.73 Å². The summed E-state index contributed by atoms with van der Waals surface area (Å²) in [6.45, 7) is 1.71. The average molecular weight is 299 g/mol. The Bertz CT molecular complexity index is 586. The maximum Gasteiger partial charge on any atom is 0.150 e. The molecule has 0 bridgehead atoms. The fourth-order valence-electron chi connectivity index (χ4n) is 2.98. The van der Waals surface area contributed by atoms with Gasteiger partial charge >= 0.3 is 0 Å². The zero-order chi connectivity index (χ0) is 14.9. The second-order valence-corrected chi connectivity index (χ2v) is 8.24. The number of sulfone groups is 1. The zero-order valence-electron chi connectivity index (χ0n) is 12.0. The Kier molecular flexibility index (Phi) is 4.49. The zero-order valence-corrected chi connectivity index (χ0v) is 12.8. The summed E-state index contributed by atoms with van der Waals surface area (Å²) in [7, 11) is -3.02. The number of nitrogens with two attached hydrogens (primary N) is 1. The van der Waals surface area contributed by atoms with Gasteiger partial charge in [0.25, 0.3) is 0 Å². The van der Waals surface area contributed by atoms with Crippen molar-refractivity contribution in [3.8, 4) is 0 Å². The molecule has 1 aromatic carbocycles. The van der Waals surface area contributed by atoms with Crippen molar-refractivity contribution in [2.45, 2.75) is 43.9 Å². The van der Waals surface area contributed by atoms with Crippen LogP contribution in [0.5, 0.6) is 0 Å². The Morgan fingerprint density at radius 1 is 1.35 bits per heavy atom. The van der Waals surface area contributed by atoms with E-state index in [-0.39, 0.29) is 23.0 Å². The molecule has 2 N–H and O–H groups in total. The summed E-state index contributed by atoms with van der Waals surface area (Å²) in [5, 5.41) is -0.303. The fraction of sp³-hybridized carbons (Fsp3) is 0.600. The van der Waals surface area contributed by atoms with Gasteiger partial charge in [0.1, 0.15) is 15.7 Å². The minimum absolute atomic E-state index is 0.102. The highest BCUT2D eigenvalue weighted by Crippen LogP contribution is 2.35. The van der Waals surface area contributed by atoms with E-state index in [1.54, 1.807) is 13.0 Å². The lowest BCUT2D eigenvalue weighted by molar-refractivity contribution is 0.308. The van der Waals surface area contributed by atoms with E-state index in [4.69, 9.17) is 5.73 Å². The van der Waals surface area contributed by atoms with Gasteiger partial charge in [-0.2, -0.15) is 0 Å². The molecule has 1 aromatic rings. The van der Waals surface area contributed by atoms with Gasteiger partial charge in [-0.1, -0.05) is 18.6 Å². The molecule has 0 heterocycles. The van der Waals surface area contributed by atoms with Gasteiger partial charge in [0, 0.05) is 12.3 Å². The summed E-state index contributed by atoms with van der Waals surface area (Å²) in [4.78, 5) is 0. The van der Waals surface area contributed by atoms with E-state index in [9.17, 15) is 12.8 Å². The normalized spacial score (nSPS) is 25.4. The van der Waals surface area contributed by atoms with Gasteiger partial charge in [-0.05, 0) is 49.3 Å². The topological polar surface area (TPSA) is 60.2 Å². The van der Waals surface area contributed by atoms with E-state index >= 15 is 0 Å². The monoisotopic (exact) mass is 299 g/mol. The van der Waals surface area contributed by atoms with E-state index in [1.165, 1.54) is 12.3 Å². The molecule has 5 heteroatoms. The van der Waals surface area contributed by atoms with E-state index in [0.29, 0.717) is 18.4 Å². The second-order valence-electron chi connectivity index (χ2n) is 5.91. The summed E-state index contributed by atoms with van der Waals surface area (Å²) in [6, 6.07) is 4.74. The van der Waals surface area contributed by atoms with Crippen LogP contribution in [-0.2, 0) is 9.84 Å². The molecule has 0 aromatic heterocycles. The number of hydrogen-bond acceptors (Lipinski definition) is 3. The summed E-state index contributed by atoms with van der Waals surface area (Å²) >= 11 is 0. The molecule has 1 saturated carbocycles. The lowest BCUT2D eigenvalue weighted by atomic mass is 9.81. The van der Waals surface area contributed by atoms with Crippen LogP contribution in [0.1, 0.15) is 42.9 Å². The minimum Gasteiger partial charge on any atom is -0.324 e. The first-order chi connectivity index (χ1) is 9.29. The van der Waals surface area contributed by atoms with Crippen LogP contribution in [0.4, 0.5) is 4.39 Å². The van der Waals surface area contributed by atoms with Crippen molar-refractivity contribution < 1.29 is 12.8 Å². The molecule has 3 unspecified atom stereocenters. The predicted octanol–water partition coefficient (Wildman–Crippen LogP) is 2.74. The largest absolute Gasteiger partial charge is 0.324 e. The Morgan fingerprint density at radius 2 is 2.05 bits per heavy atom. The van der Waals surface area contributed by atoms with Crippen LogP contribution in [0.15, 0.2) is 18.2 Å². The first kappa shape index (κ1) is 15.4. The Hall–Kier alpha value is -0.940. The molecule has 0 radical (unpaired) electrons. The van der Waals surface area contributed by atoms with Gasteiger partial charge in [0.15, 0.2) is 0 Å². The molecule has 1 fully saturated rings. The van der Waals surface area contributed by atoms with E-state index < -0.39 is 9.84 Å². The molecule has 3 atom stereocenters. The lowest BCUT2D eigenvalue weighted by Gasteiger charge is -2.32. The van der Waals surface area contributed by atoms with Gasteiger partial charge in [-0.3, -0.25) is 0 Å². The van der Waals surface area contributed by atoms with Crippen LogP contribution in [-0.4, -0.2) is 19.9 Å². The van der Waals surface area contributed by atoms with Crippen molar-refractivity contribution >= 4 is 9.84 Å². The van der Waals surface area contributed by atoms with Crippen LogP contribution in [0, 0.1) is 18.7 Å². The molecule has 1 aliphatic rings. The number of hydrogen-bond donors (Lipinski definition) is 1. The number of aryl methyl sites for hydroxylation is 1. The maximum atomic E-state index is 13.6. The minimum atomic E-state index is -3.02. The van der Waals surface area contributed by atoms with Gasteiger partial charge in [0.05, 0.1) is 5.25 Å². The van der Waals surface area contributed by atoms with Crippen molar-refractivity contribution in [1.29, 1.82) is 0 Å². The lowest BCUT2D eigenvalue weighted by Crippen LogP contribution is -2.33. The third-order valence-corrected chi connectivity index (χ3v) is 6.00. The average Bonchev–Trinajstić information content (AvgIpc) is 2.40. The van der Waals surface area contributed by atoms with Crippen LogP contribution in [0.3, 0.4) is 0 Å². The van der Waals surface area contributed by atoms with Crippen molar-refractivity contribution in [1.82, 2.24) is 0 Å². The fourth-order valence-corrected chi connectivity index (χ4v) is 4.18. The molecule has 20 heavy (non-hydrogen) atoms. The molecular formula is C15H22FNO2S. The first-order valence-corrected chi connectivity index (χ1v) is 8.95. The van der Waals surface area contributed by atoms with Gasteiger partial charge in [-0.25, -0.2) is 12.8 Å². The van der Waals surface area contributed by atoms with E-state index in [0.717, 1.165) is 18.4 Å². The van der Waals surface area contributed by atoms with Gasteiger partial charge in [0.2, 0.25) is 0 Å². The number of rotatable bonds is 3. The molecule has 2 rings (SSSR count). The summed E-state index contributed by atoms with van der Waals surface area (Å²) in [5.41, 5.74) is 7.59. The molecule has 112 valence electrons. The summed E-state index contributed by atoms with van der Waals surface area (Å²) in [6.07, 6.45) is 4.35. The van der Waals surface area contributed by atoms with E-state index in [2.05, 4.69) is 0 Å². The SMILES string of the molecule is Cc1ccc(C(N)C2CCCC(S(C)(=O)=O)C2)cc1F. The highest BCUT2D eigenvalue weighted by molar-refractivity contribution is 7.91. The molecule has 0 spiro atoms. The molecule has 0 aliphatic heterocycles. The smallest absolute Gasteiger partial charge is 0.150 e. The molecule has 3 nitrogen and oxygen atoms in total. The highest BCUT2D eigenvalue weighted by Gasteiger charge is 2.32. The van der Waals surface area contributed by atoms with Crippen molar-refractivity contribution in [2.75, 3.05) is 6.26 Å². The van der Waals surface area contributed by atoms with Crippen molar-refractivity contribution in [2.24, 2.45) is 11.7 Å². The second kappa shape index (κ2) is 5.82. The molecular weight excluding hydrogens is 277 g/mol. The Balaban J connectivity index is 2.16. The van der Waals surface area contributed by atoms with Gasteiger partial charge in [-0.15, -0.1) is 0 Å². The van der Waals surface area contributed by atoms with Crippen LogP contribution in [0.2, 0.25) is 0 Å². The van der Waals surface area contributed by atoms with Crippen molar-refractivity contribution in [3.63, 3.8) is 0 Å². The van der Waals surface area contributed by atoms with Crippen molar-refractivity contribution in [3.05, 3.63) is 35.1 Å². The third-order valence-electron chi connectivity index (χ3n) is 4.36. The predicted molar refractivity (Wildman–Crippen MR) is 78.7 cm³/mol. The Morgan fingerprint density at radius 3 is 2.65 bits per heavy atom. The maximum absolute atomic E-state index is 13.6. The van der Waals surface area contributed by atoms with Crippen LogP contribution in [0.25, 0.3) is 0 Å². The first-order valence-electron chi connectivity index (χ1n) is 6.99. The standard InChI is InChI=1S/C15H22FNO2S/c1-10-6-7-12(9-14(10)16)15(17)11-4-3-5-13(8-11)20(2,18)19/h6-7,9,11,13,15H,3-5,8,17H2,1-2H3. The molecule has 0 saturated heterocycles. The summed E-state index contributed by atoms with van der Waals surface area (Å²) in [5.74, 6) is -0.154. The highest BCUT2D eigenvalue weighted by atomic mass is 32.2. The summed E-state index contributed by atoms with van der Waals surface area (Å²) < 4.78 is 37.0. The third kappa shape index (κ3) is 3.38. The molecule has 0 amide bonds. The Labute approximate surface area is 120 Å². The van der Waals surface area contributed by atoms with Crippen LogP contribution < -0.4 is 5.73 Å².